The standard InChI is InChI=1S/C13H10Br2ClNO2S/c1-8-2-3-9(14)6-13(8)20(18,19)17-10-4-5-11(15)12(16)7-10/h2-7,17H,1H3. The third kappa shape index (κ3) is 3.55. The monoisotopic (exact) mass is 437 g/mol. The van der Waals surface area contributed by atoms with Crippen LogP contribution in [0.3, 0.4) is 0 Å². The number of benzene rings is 2. The molecule has 0 saturated carbocycles. The Labute approximate surface area is 139 Å². The summed E-state index contributed by atoms with van der Waals surface area (Å²) in [4.78, 5) is 0.228. The molecule has 3 nitrogen and oxygen atoms in total. The molecule has 0 amide bonds. The summed E-state index contributed by atoms with van der Waals surface area (Å²) in [5.41, 5.74) is 1.08. The Balaban J connectivity index is 2.40. The van der Waals surface area contributed by atoms with Gasteiger partial charge in [0.05, 0.1) is 15.6 Å². The molecule has 7 heteroatoms. The van der Waals surface area contributed by atoms with E-state index in [1.165, 1.54) is 0 Å². The Morgan fingerprint density at radius 1 is 1.10 bits per heavy atom. The number of aryl methyl sites for hydroxylation is 1. The van der Waals surface area contributed by atoms with Crippen LogP contribution < -0.4 is 4.72 Å². The summed E-state index contributed by atoms with van der Waals surface area (Å²) >= 11 is 12.5. The number of halogens is 3. The molecule has 2 rings (SSSR count). The molecule has 0 heterocycles. The van der Waals surface area contributed by atoms with E-state index in [0.29, 0.717) is 25.2 Å². The predicted molar refractivity (Wildman–Crippen MR) is 88.8 cm³/mol. The molecule has 0 bridgehead atoms. The molecule has 0 aliphatic rings. The summed E-state index contributed by atoms with van der Waals surface area (Å²) < 4.78 is 28.7. The second-order valence-corrected chi connectivity index (χ2v) is 7.97. The first kappa shape index (κ1) is 15.8. The van der Waals surface area contributed by atoms with Crippen molar-refractivity contribution in [3.63, 3.8) is 0 Å². The summed E-state index contributed by atoms with van der Waals surface area (Å²) in [7, 11) is -3.65. The average Bonchev–Trinajstić information content (AvgIpc) is 2.36. The molecule has 20 heavy (non-hydrogen) atoms. The first-order chi connectivity index (χ1) is 9.29. The highest BCUT2D eigenvalue weighted by Crippen LogP contribution is 2.28. The van der Waals surface area contributed by atoms with Crippen LogP contribution in [0.4, 0.5) is 5.69 Å². The Hall–Kier alpha value is -0.560. The van der Waals surface area contributed by atoms with Crippen molar-refractivity contribution in [2.24, 2.45) is 0 Å². The molecule has 2 aromatic carbocycles. The lowest BCUT2D eigenvalue weighted by molar-refractivity contribution is 0.600. The van der Waals surface area contributed by atoms with E-state index in [9.17, 15) is 8.42 Å². The fourth-order valence-electron chi connectivity index (χ4n) is 1.63. The smallest absolute Gasteiger partial charge is 0.262 e. The molecule has 2 aromatic rings. The second kappa shape index (κ2) is 6.05. The van der Waals surface area contributed by atoms with E-state index < -0.39 is 10.0 Å². The van der Waals surface area contributed by atoms with Crippen molar-refractivity contribution in [1.82, 2.24) is 0 Å². The largest absolute Gasteiger partial charge is 0.280 e. The van der Waals surface area contributed by atoms with E-state index in [1.54, 1.807) is 43.3 Å². The van der Waals surface area contributed by atoms with Gasteiger partial charge >= 0.3 is 0 Å². The minimum Gasteiger partial charge on any atom is -0.280 e. The van der Waals surface area contributed by atoms with Gasteiger partial charge in [0.1, 0.15) is 0 Å². The summed E-state index contributed by atoms with van der Waals surface area (Å²) in [6, 6.07) is 9.99. The van der Waals surface area contributed by atoms with Crippen molar-refractivity contribution in [3.05, 3.63) is 55.9 Å². The molecular formula is C13H10Br2ClNO2S. The number of hydrogen-bond donors (Lipinski definition) is 1. The van der Waals surface area contributed by atoms with E-state index in [0.717, 1.165) is 0 Å². The summed E-state index contributed by atoms with van der Waals surface area (Å²) in [5, 5.41) is 0.441. The van der Waals surface area contributed by atoms with Crippen LogP contribution in [0, 0.1) is 6.92 Å². The van der Waals surface area contributed by atoms with Crippen LogP contribution >= 0.6 is 43.5 Å². The van der Waals surface area contributed by atoms with Crippen molar-refractivity contribution in [2.75, 3.05) is 4.72 Å². The number of sulfonamides is 1. The lowest BCUT2D eigenvalue weighted by Gasteiger charge is -2.11. The van der Waals surface area contributed by atoms with Crippen LogP contribution in [0.1, 0.15) is 5.56 Å². The minimum absolute atomic E-state index is 0.228. The Morgan fingerprint density at radius 3 is 2.45 bits per heavy atom. The van der Waals surface area contributed by atoms with Gasteiger partial charge in [-0.15, -0.1) is 0 Å². The topological polar surface area (TPSA) is 46.2 Å². The van der Waals surface area contributed by atoms with Crippen molar-refractivity contribution in [1.29, 1.82) is 0 Å². The zero-order valence-corrected chi connectivity index (χ0v) is 15.1. The lowest BCUT2D eigenvalue weighted by Crippen LogP contribution is -2.14. The maximum Gasteiger partial charge on any atom is 0.262 e. The van der Waals surface area contributed by atoms with Crippen molar-refractivity contribution >= 4 is 59.2 Å². The van der Waals surface area contributed by atoms with Gasteiger partial charge in [0.15, 0.2) is 0 Å². The SMILES string of the molecule is Cc1ccc(Br)cc1S(=O)(=O)Nc1ccc(Br)c(Cl)c1. The fourth-order valence-corrected chi connectivity index (χ4v) is 3.89. The molecule has 0 fully saturated rings. The molecule has 0 unspecified atom stereocenters. The van der Waals surface area contributed by atoms with Gasteiger partial charge in [0, 0.05) is 8.95 Å². The molecule has 0 aliphatic carbocycles. The van der Waals surface area contributed by atoms with Crippen molar-refractivity contribution < 1.29 is 8.42 Å². The van der Waals surface area contributed by atoms with Crippen LogP contribution in [0.2, 0.25) is 5.02 Å². The Morgan fingerprint density at radius 2 is 1.80 bits per heavy atom. The average molecular weight is 440 g/mol. The van der Waals surface area contributed by atoms with Gasteiger partial charge in [-0.05, 0) is 58.7 Å². The van der Waals surface area contributed by atoms with E-state index in [4.69, 9.17) is 11.6 Å². The molecule has 0 atom stereocenters. The number of rotatable bonds is 3. The van der Waals surface area contributed by atoms with Gasteiger partial charge in [0.25, 0.3) is 10.0 Å². The molecule has 0 saturated heterocycles. The molecule has 0 radical (unpaired) electrons. The van der Waals surface area contributed by atoms with Gasteiger partial charge < -0.3 is 0 Å². The van der Waals surface area contributed by atoms with Crippen LogP contribution in [-0.2, 0) is 10.0 Å². The van der Waals surface area contributed by atoms with Gasteiger partial charge in [-0.1, -0.05) is 33.6 Å². The number of nitrogens with one attached hydrogen (secondary N) is 1. The summed E-state index contributed by atoms with van der Waals surface area (Å²) in [6.45, 7) is 1.75. The minimum atomic E-state index is -3.65. The third-order valence-electron chi connectivity index (χ3n) is 2.61. The van der Waals surface area contributed by atoms with Gasteiger partial charge in [-0.25, -0.2) is 8.42 Å². The maximum absolute atomic E-state index is 12.4. The molecule has 0 aliphatic heterocycles. The third-order valence-corrected chi connectivity index (χ3v) is 5.86. The zero-order valence-electron chi connectivity index (χ0n) is 10.3. The Bertz CT molecular complexity index is 763. The van der Waals surface area contributed by atoms with E-state index in [-0.39, 0.29) is 4.90 Å². The van der Waals surface area contributed by atoms with Crippen LogP contribution in [0.5, 0.6) is 0 Å². The molecule has 0 aromatic heterocycles. The quantitative estimate of drug-likeness (QED) is 0.734. The van der Waals surface area contributed by atoms with E-state index in [1.807, 2.05) is 0 Å². The maximum atomic E-state index is 12.4. The highest BCUT2D eigenvalue weighted by molar-refractivity contribution is 9.10. The molecular weight excluding hydrogens is 429 g/mol. The highest BCUT2D eigenvalue weighted by atomic mass is 79.9. The Kier molecular flexibility index (Phi) is 4.79. The van der Waals surface area contributed by atoms with Gasteiger partial charge in [-0.2, -0.15) is 0 Å². The van der Waals surface area contributed by atoms with Crippen molar-refractivity contribution in [2.45, 2.75) is 11.8 Å². The van der Waals surface area contributed by atoms with E-state index >= 15 is 0 Å². The first-order valence-corrected chi connectivity index (χ1v) is 8.98. The summed E-state index contributed by atoms with van der Waals surface area (Å²) in [6.07, 6.45) is 0. The van der Waals surface area contributed by atoms with Gasteiger partial charge in [0.2, 0.25) is 0 Å². The molecule has 0 spiro atoms. The summed E-state index contributed by atoms with van der Waals surface area (Å²) in [5.74, 6) is 0. The first-order valence-electron chi connectivity index (χ1n) is 5.53. The van der Waals surface area contributed by atoms with E-state index in [2.05, 4.69) is 36.6 Å². The lowest BCUT2D eigenvalue weighted by atomic mass is 10.2. The predicted octanol–water partition coefficient (Wildman–Crippen LogP) is 4.97. The van der Waals surface area contributed by atoms with Crippen LogP contribution in [0.25, 0.3) is 0 Å². The molecule has 106 valence electrons. The zero-order chi connectivity index (χ0) is 14.9. The van der Waals surface area contributed by atoms with Gasteiger partial charge in [-0.3, -0.25) is 4.72 Å². The highest BCUT2D eigenvalue weighted by Gasteiger charge is 2.17. The molecule has 1 N–H and O–H groups in total. The number of hydrogen-bond acceptors (Lipinski definition) is 2. The fraction of sp³-hybridized carbons (Fsp3) is 0.0769. The van der Waals surface area contributed by atoms with Crippen LogP contribution in [-0.4, -0.2) is 8.42 Å². The van der Waals surface area contributed by atoms with Crippen molar-refractivity contribution in [3.8, 4) is 0 Å². The van der Waals surface area contributed by atoms with Crippen LogP contribution in [0.15, 0.2) is 50.2 Å². The number of anilines is 1. The second-order valence-electron chi connectivity index (χ2n) is 4.14. The normalized spacial score (nSPS) is 11.4.